The van der Waals surface area contributed by atoms with Gasteiger partial charge in [0.25, 0.3) is 0 Å². The number of aromatic nitrogens is 4. The zero-order valence-electron chi connectivity index (χ0n) is 15.2. The van der Waals surface area contributed by atoms with Crippen LogP contribution in [-0.2, 0) is 9.67 Å². The fourth-order valence-electron chi connectivity index (χ4n) is 3.38. The smallest absolute Gasteiger partial charge is 0.340 e. The van der Waals surface area contributed by atoms with E-state index in [0.717, 1.165) is 5.69 Å². The topological polar surface area (TPSA) is 69.9 Å². The molecule has 1 aromatic heterocycles. The number of esters is 1. The van der Waals surface area contributed by atoms with Crippen LogP contribution in [-0.4, -0.2) is 26.2 Å². The number of halogens is 2. The summed E-state index contributed by atoms with van der Waals surface area (Å²) >= 11 is 13.9. The van der Waals surface area contributed by atoms with Crippen LogP contribution in [0.15, 0.2) is 78.0 Å². The third-order valence-corrected chi connectivity index (χ3v) is 6.50. The van der Waals surface area contributed by atoms with Crippen molar-refractivity contribution in [1.29, 1.82) is 0 Å². The third-order valence-electron chi connectivity index (χ3n) is 4.70. The predicted octanol–water partition coefficient (Wildman–Crippen LogP) is 5.13. The van der Waals surface area contributed by atoms with Gasteiger partial charge in [0.05, 0.1) is 16.3 Å². The molecule has 0 bridgehead atoms. The fourth-order valence-corrected chi connectivity index (χ4v) is 5.23. The van der Waals surface area contributed by atoms with E-state index in [2.05, 4.69) is 15.5 Å². The third kappa shape index (κ3) is 3.06. The highest BCUT2D eigenvalue weighted by atomic mass is 35.5. The molecular formula is C21H12Cl2N4O2S. The SMILES string of the molecule is O=C1OC(Sc2nnnn2-c2ccccc2)(c2ccc(Cl)cc2Cl)c2ccccc21. The summed E-state index contributed by atoms with van der Waals surface area (Å²) in [7, 11) is 0. The Kier molecular flexibility index (Phi) is 4.73. The first-order chi connectivity index (χ1) is 14.6. The molecule has 148 valence electrons. The van der Waals surface area contributed by atoms with Crippen molar-refractivity contribution in [2.75, 3.05) is 0 Å². The number of tetrazole rings is 1. The molecule has 0 fully saturated rings. The Morgan fingerprint density at radius 3 is 2.50 bits per heavy atom. The van der Waals surface area contributed by atoms with Gasteiger partial charge in [-0.3, -0.25) is 0 Å². The van der Waals surface area contributed by atoms with Crippen molar-refractivity contribution >= 4 is 40.9 Å². The van der Waals surface area contributed by atoms with Crippen molar-refractivity contribution < 1.29 is 9.53 Å². The van der Waals surface area contributed by atoms with E-state index in [-0.39, 0.29) is 0 Å². The van der Waals surface area contributed by atoms with Gasteiger partial charge in [-0.1, -0.05) is 65.7 Å². The number of para-hydroxylation sites is 1. The average molecular weight is 455 g/mol. The zero-order chi connectivity index (χ0) is 20.7. The van der Waals surface area contributed by atoms with Crippen LogP contribution < -0.4 is 0 Å². The molecule has 1 unspecified atom stereocenters. The Morgan fingerprint density at radius 1 is 0.933 bits per heavy atom. The summed E-state index contributed by atoms with van der Waals surface area (Å²) in [5, 5.41) is 13.4. The minimum Gasteiger partial charge on any atom is -0.435 e. The summed E-state index contributed by atoms with van der Waals surface area (Å²) < 4.78 is 7.57. The number of hydrogen-bond acceptors (Lipinski definition) is 6. The second-order valence-electron chi connectivity index (χ2n) is 6.49. The maximum atomic E-state index is 12.8. The Bertz CT molecular complexity index is 1260. The van der Waals surface area contributed by atoms with Gasteiger partial charge < -0.3 is 4.74 Å². The van der Waals surface area contributed by atoms with Gasteiger partial charge in [0.1, 0.15) is 0 Å². The van der Waals surface area contributed by atoms with Crippen molar-refractivity contribution in [3.8, 4) is 5.69 Å². The van der Waals surface area contributed by atoms with Crippen LogP contribution in [0.2, 0.25) is 10.0 Å². The van der Waals surface area contributed by atoms with Crippen LogP contribution in [0.4, 0.5) is 0 Å². The van der Waals surface area contributed by atoms with Gasteiger partial charge in [-0.05, 0) is 52.5 Å². The van der Waals surface area contributed by atoms with Crippen molar-refractivity contribution in [3.63, 3.8) is 0 Å². The highest BCUT2D eigenvalue weighted by molar-refractivity contribution is 8.00. The lowest BCUT2D eigenvalue weighted by atomic mass is 9.98. The Labute approximate surface area is 185 Å². The van der Waals surface area contributed by atoms with Crippen LogP contribution in [0, 0.1) is 0 Å². The minimum absolute atomic E-state index is 0.373. The lowest BCUT2D eigenvalue weighted by Crippen LogP contribution is -2.25. The molecular weight excluding hydrogens is 443 g/mol. The van der Waals surface area contributed by atoms with Gasteiger partial charge in [0.15, 0.2) is 0 Å². The van der Waals surface area contributed by atoms with Crippen LogP contribution >= 0.6 is 35.0 Å². The summed E-state index contributed by atoms with van der Waals surface area (Å²) in [6.07, 6.45) is 0. The van der Waals surface area contributed by atoms with Crippen LogP contribution in [0.1, 0.15) is 21.5 Å². The van der Waals surface area contributed by atoms with Crippen LogP contribution in [0.5, 0.6) is 0 Å². The zero-order valence-corrected chi connectivity index (χ0v) is 17.5. The van der Waals surface area contributed by atoms with Gasteiger partial charge in [0.2, 0.25) is 10.1 Å². The van der Waals surface area contributed by atoms with E-state index >= 15 is 0 Å². The molecule has 9 heteroatoms. The van der Waals surface area contributed by atoms with E-state index in [1.165, 1.54) is 11.8 Å². The molecule has 5 rings (SSSR count). The maximum Gasteiger partial charge on any atom is 0.340 e. The molecule has 0 saturated heterocycles. The summed E-state index contributed by atoms with van der Waals surface area (Å²) in [6.45, 7) is 0. The molecule has 0 spiro atoms. The van der Waals surface area contributed by atoms with E-state index in [1.807, 2.05) is 42.5 Å². The second-order valence-corrected chi connectivity index (χ2v) is 8.47. The van der Waals surface area contributed by atoms with E-state index in [1.54, 1.807) is 35.0 Å². The molecule has 0 amide bonds. The molecule has 0 radical (unpaired) electrons. The van der Waals surface area contributed by atoms with Crippen molar-refractivity contribution in [2.45, 2.75) is 10.1 Å². The monoisotopic (exact) mass is 454 g/mol. The number of benzene rings is 3. The summed E-state index contributed by atoms with van der Waals surface area (Å²) in [5.41, 5.74) is 2.50. The molecule has 0 saturated carbocycles. The average Bonchev–Trinajstić information content (AvgIpc) is 3.32. The first-order valence-corrected chi connectivity index (χ1v) is 10.5. The molecule has 1 aliphatic rings. The highest BCUT2D eigenvalue weighted by Gasteiger charge is 2.50. The lowest BCUT2D eigenvalue weighted by Gasteiger charge is -2.28. The van der Waals surface area contributed by atoms with Gasteiger partial charge in [0, 0.05) is 16.1 Å². The molecule has 4 aromatic rings. The number of hydrogen-bond donors (Lipinski definition) is 0. The van der Waals surface area contributed by atoms with E-state index in [0.29, 0.717) is 31.9 Å². The number of nitrogens with zero attached hydrogens (tertiary/aromatic N) is 4. The number of rotatable bonds is 4. The molecule has 1 aliphatic heterocycles. The quantitative estimate of drug-likeness (QED) is 0.398. The van der Waals surface area contributed by atoms with Gasteiger partial charge in [-0.15, -0.1) is 5.10 Å². The number of carbonyl (C=O) groups is 1. The number of cyclic esters (lactones) is 1. The van der Waals surface area contributed by atoms with E-state index < -0.39 is 10.9 Å². The Balaban J connectivity index is 1.71. The first-order valence-electron chi connectivity index (χ1n) is 8.90. The largest absolute Gasteiger partial charge is 0.435 e. The number of ether oxygens (including phenoxy) is 1. The van der Waals surface area contributed by atoms with Gasteiger partial charge >= 0.3 is 5.97 Å². The molecule has 1 atom stereocenters. The van der Waals surface area contributed by atoms with Gasteiger partial charge in [-0.2, -0.15) is 4.68 Å². The predicted molar refractivity (Wildman–Crippen MR) is 114 cm³/mol. The van der Waals surface area contributed by atoms with Crippen molar-refractivity contribution in [3.05, 3.63) is 99.5 Å². The van der Waals surface area contributed by atoms with Crippen LogP contribution in [0.3, 0.4) is 0 Å². The summed E-state index contributed by atoms with van der Waals surface area (Å²) in [4.78, 5) is 11.5. The van der Waals surface area contributed by atoms with Crippen molar-refractivity contribution in [2.24, 2.45) is 0 Å². The number of carbonyl (C=O) groups excluding carboxylic acids is 1. The lowest BCUT2D eigenvalue weighted by molar-refractivity contribution is 0.0383. The summed E-state index contributed by atoms with van der Waals surface area (Å²) in [5.74, 6) is -0.442. The second kappa shape index (κ2) is 7.43. The van der Waals surface area contributed by atoms with Crippen molar-refractivity contribution in [1.82, 2.24) is 20.2 Å². The van der Waals surface area contributed by atoms with Crippen LogP contribution in [0.25, 0.3) is 5.69 Å². The van der Waals surface area contributed by atoms with Gasteiger partial charge in [-0.25, -0.2) is 4.79 Å². The Morgan fingerprint density at radius 2 is 1.70 bits per heavy atom. The minimum atomic E-state index is -1.27. The number of fused-ring (bicyclic) bond motifs is 1. The first kappa shape index (κ1) is 19.1. The molecule has 3 aromatic carbocycles. The normalized spacial score (nSPS) is 17.6. The van der Waals surface area contributed by atoms with E-state index in [4.69, 9.17) is 27.9 Å². The fraction of sp³-hybridized carbons (Fsp3) is 0.0476. The highest BCUT2D eigenvalue weighted by Crippen LogP contribution is 2.54. The maximum absolute atomic E-state index is 12.8. The number of thioether (sulfide) groups is 1. The van der Waals surface area contributed by atoms with E-state index in [9.17, 15) is 4.79 Å². The summed E-state index contributed by atoms with van der Waals surface area (Å²) in [6, 6.07) is 21.7. The molecule has 6 nitrogen and oxygen atoms in total. The molecule has 30 heavy (non-hydrogen) atoms. The molecule has 0 N–H and O–H groups in total. The molecule has 2 heterocycles. The molecule has 0 aliphatic carbocycles. The standard InChI is InChI=1S/C21H12Cl2N4O2S/c22-13-10-11-17(18(23)12-13)21(16-9-5-4-8-15(16)19(28)29-21)30-20-24-25-26-27(20)14-6-2-1-3-7-14/h1-12H. The Hall–Kier alpha value is -2.87.